The maximum absolute atomic E-state index is 12.6. The molecular formula is C16H15N3O5S2. The average Bonchev–Trinajstić information content (AvgIpc) is 2.96. The van der Waals surface area contributed by atoms with Crippen LogP contribution >= 0.6 is 11.3 Å². The fourth-order valence-electron chi connectivity index (χ4n) is 2.39. The first kappa shape index (κ1) is 18.2. The van der Waals surface area contributed by atoms with Gasteiger partial charge in [0, 0.05) is 25.8 Å². The van der Waals surface area contributed by atoms with Crippen LogP contribution in [0.5, 0.6) is 0 Å². The highest BCUT2D eigenvalue weighted by Crippen LogP contribution is 2.23. The summed E-state index contributed by atoms with van der Waals surface area (Å²) in [6.07, 6.45) is 0. The number of hydrogen-bond acceptors (Lipinski definition) is 6. The molecule has 3 aromatic rings. The molecule has 0 saturated carbocycles. The number of benzene rings is 2. The first-order valence-electron chi connectivity index (χ1n) is 7.55. The summed E-state index contributed by atoms with van der Waals surface area (Å²) in [5, 5.41) is 11.0. The molecule has 0 aliphatic carbocycles. The van der Waals surface area contributed by atoms with Gasteiger partial charge in [-0.1, -0.05) is 29.5 Å². The third-order valence-corrected chi connectivity index (χ3v) is 6.07. The van der Waals surface area contributed by atoms with E-state index in [2.05, 4.69) is 4.40 Å². The first-order valence-corrected chi connectivity index (χ1v) is 9.81. The van der Waals surface area contributed by atoms with Crippen molar-refractivity contribution in [2.45, 2.75) is 11.4 Å². The number of non-ortho nitro benzene ring substituents is 1. The SMILES string of the molecule is COCCn1/c(=N/S(=O)(=O)c2ccccc2)sc2cc([N+](=O)[O-])ccc21. The van der Waals surface area contributed by atoms with Crippen LogP contribution in [0, 0.1) is 10.1 Å². The zero-order valence-electron chi connectivity index (χ0n) is 13.7. The Labute approximate surface area is 153 Å². The number of nitro groups is 1. The summed E-state index contributed by atoms with van der Waals surface area (Å²) in [4.78, 5) is 10.8. The number of aromatic nitrogens is 1. The lowest BCUT2D eigenvalue weighted by molar-refractivity contribution is -0.384. The van der Waals surface area contributed by atoms with Gasteiger partial charge in [-0.05, 0) is 18.2 Å². The summed E-state index contributed by atoms with van der Waals surface area (Å²) >= 11 is 1.08. The Hall–Kier alpha value is -2.56. The van der Waals surface area contributed by atoms with E-state index in [1.54, 1.807) is 28.8 Å². The van der Waals surface area contributed by atoms with Gasteiger partial charge in [0.15, 0.2) is 0 Å². The fourth-order valence-corrected chi connectivity index (χ4v) is 4.71. The monoisotopic (exact) mass is 393 g/mol. The Morgan fingerprint density at radius 1 is 1.23 bits per heavy atom. The minimum atomic E-state index is -3.90. The third kappa shape index (κ3) is 3.66. The molecule has 136 valence electrons. The fraction of sp³-hybridized carbons (Fsp3) is 0.188. The van der Waals surface area contributed by atoms with Gasteiger partial charge in [-0.3, -0.25) is 10.1 Å². The van der Waals surface area contributed by atoms with Gasteiger partial charge < -0.3 is 9.30 Å². The smallest absolute Gasteiger partial charge is 0.285 e. The predicted octanol–water partition coefficient (Wildman–Crippen LogP) is 2.55. The van der Waals surface area contributed by atoms with Gasteiger partial charge >= 0.3 is 0 Å². The van der Waals surface area contributed by atoms with Crippen molar-refractivity contribution in [2.24, 2.45) is 4.40 Å². The van der Waals surface area contributed by atoms with Gasteiger partial charge in [-0.25, -0.2) is 0 Å². The van der Waals surface area contributed by atoms with E-state index in [9.17, 15) is 18.5 Å². The van der Waals surface area contributed by atoms with Crippen LogP contribution in [0.25, 0.3) is 10.2 Å². The molecule has 0 radical (unpaired) electrons. The van der Waals surface area contributed by atoms with Crippen molar-refractivity contribution in [2.75, 3.05) is 13.7 Å². The van der Waals surface area contributed by atoms with Gasteiger partial charge in [0.25, 0.3) is 15.7 Å². The molecule has 0 bridgehead atoms. The molecule has 0 fully saturated rings. The van der Waals surface area contributed by atoms with E-state index in [0.717, 1.165) is 11.3 Å². The highest BCUT2D eigenvalue weighted by molar-refractivity contribution is 7.90. The second kappa shape index (κ2) is 7.36. The summed E-state index contributed by atoms with van der Waals surface area (Å²) in [5.41, 5.74) is 0.606. The number of nitrogens with zero attached hydrogens (tertiary/aromatic N) is 3. The van der Waals surface area contributed by atoms with Crippen LogP contribution in [-0.2, 0) is 21.3 Å². The Balaban J connectivity index is 2.22. The van der Waals surface area contributed by atoms with Crippen LogP contribution < -0.4 is 4.80 Å². The number of fused-ring (bicyclic) bond motifs is 1. The minimum absolute atomic E-state index is 0.0601. The Bertz CT molecular complexity index is 1120. The molecule has 0 unspecified atom stereocenters. The summed E-state index contributed by atoms with van der Waals surface area (Å²) in [7, 11) is -2.36. The molecule has 0 atom stereocenters. The van der Waals surface area contributed by atoms with E-state index >= 15 is 0 Å². The lowest BCUT2D eigenvalue weighted by atomic mass is 10.3. The Kier molecular flexibility index (Phi) is 5.16. The summed E-state index contributed by atoms with van der Waals surface area (Å²) in [5.74, 6) is 0. The predicted molar refractivity (Wildman–Crippen MR) is 97.5 cm³/mol. The molecule has 1 heterocycles. The molecule has 0 saturated heterocycles. The van der Waals surface area contributed by atoms with E-state index in [1.807, 2.05) is 0 Å². The van der Waals surface area contributed by atoms with E-state index < -0.39 is 14.9 Å². The van der Waals surface area contributed by atoms with E-state index in [1.165, 1.54) is 31.4 Å². The quantitative estimate of drug-likeness (QED) is 0.473. The number of methoxy groups -OCH3 is 1. The van der Waals surface area contributed by atoms with Crippen LogP contribution in [0.3, 0.4) is 0 Å². The van der Waals surface area contributed by atoms with Crippen molar-refractivity contribution in [1.29, 1.82) is 0 Å². The molecule has 2 aromatic carbocycles. The van der Waals surface area contributed by atoms with Crippen LogP contribution in [0.1, 0.15) is 0 Å². The van der Waals surface area contributed by atoms with Crippen molar-refractivity contribution in [3.63, 3.8) is 0 Å². The number of ether oxygens (including phenoxy) is 1. The van der Waals surface area contributed by atoms with Gasteiger partial charge in [0.1, 0.15) is 0 Å². The molecule has 0 spiro atoms. The van der Waals surface area contributed by atoms with Crippen LogP contribution in [0.15, 0.2) is 57.8 Å². The lowest BCUT2D eigenvalue weighted by Crippen LogP contribution is -2.19. The largest absolute Gasteiger partial charge is 0.383 e. The van der Waals surface area contributed by atoms with Crippen molar-refractivity contribution < 1.29 is 18.1 Å². The van der Waals surface area contributed by atoms with Gasteiger partial charge in [-0.15, -0.1) is 4.40 Å². The summed E-state index contributed by atoms with van der Waals surface area (Å²) in [6.45, 7) is 0.721. The molecular weight excluding hydrogens is 378 g/mol. The average molecular weight is 393 g/mol. The molecule has 0 amide bonds. The highest BCUT2D eigenvalue weighted by atomic mass is 32.2. The van der Waals surface area contributed by atoms with E-state index in [-0.39, 0.29) is 15.4 Å². The second-order valence-corrected chi connectivity index (χ2v) is 7.93. The van der Waals surface area contributed by atoms with Crippen LogP contribution in [0.2, 0.25) is 0 Å². The number of nitro benzene ring substituents is 1. The Morgan fingerprint density at radius 2 is 1.96 bits per heavy atom. The van der Waals surface area contributed by atoms with Crippen molar-refractivity contribution >= 4 is 37.3 Å². The molecule has 3 rings (SSSR count). The molecule has 8 nitrogen and oxygen atoms in total. The zero-order chi connectivity index (χ0) is 18.7. The molecule has 1 aromatic heterocycles. The topological polar surface area (TPSA) is 104 Å². The van der Waals surface area contributed by atoms with Gasteiger partial charge in [0.05, 0.1) is 26.6 Å². The number of rotatable bonds is 6. The van der Waals surface area contributed by atoms with Crippen LogP contribution in [-0.4, -0.2) is 31.6 Å². The van der Waals surface area contributed by atoms with Crippen molar-refractivity contribution in [3.05, 3.63) is 63.4 Å². The maximum atomic E-state index is 12.6. The van der Waals surface area contributed by atoms with Crippen LogP contribution in [0.4, 0.5) is 5.69 Å². The number of sulfonamides is 1. The minimum Gasteiger partial charge on any atom is -0.383 e. The Morgan fingerprint density at radius 3 is 2.62 bits per heavy atom. The van der Waals surface area contributed by atoms with Crippen molar-refractivity contribution in [1.82, 2.24) is 4.57 Å². The summed E-state index contributed by atoms with van der Waals surface area (Å²) in [6, 6.07) is 12.3. The third-order valence-electron chi connectivity index (χ3n) is 3.64. The summed E-state index contributed by atoms with van der Waals surface area (Å²) < 4.78 is 36.4. The maximum Gasteiger partial charge on any atom is 0.285 e. The molecule has 26 heavy (non-hydrogen) atoms. The number of thiazole rings is 1. The van der Waals surface area contributed by atoms with E-state index in [0.29, 0.717) is 23.4 Å². The van der Waals surface area contributed by atoms with E-state index in [4.69, 9.17) is 4.74 Å². The first-order chi connectivity index (χ1) is 12.4. The molecule has 10 heteroatoms. The molecule has 0 aliphatic rings. The zero-order valence-corrected chi connectivity index (χ0v) is 15.4. The highest BCUT2D eigenvalue weighted by Gasteiger charge is 2.16. The molecule has 0 N–H and O–H groups in total. The number of hydrogen-bond donors (Lipinski definition) is 0. The molecule has 0 aliphatic heterocycles. The van der Waals surface area contributed by atoms with Crippen molar-refractivity contribution in [3.8, 4) is 0 Å². The second-order valence-electron chi connectivity index (χ2n) is 5.32. The van der Waals surface area contributed by atoms with Gasteiger partial charge in [0.2, 0.25) is 4.80 Å². The lowest BCUT2D eigenvalue weighted by Gasteiger charge is -2.04. The standard InChI is InChI=1S/C16H15N3O5S2/c1-24-10-9-18-14-8-7-12(19(20)21)11-15(14)25-16(18)17-26(22,23)13-5-3-2-4-6-13/h2-8,11H,9-10H2,1H3/b17-16-. The normalized spacial score (nSPS) is 12.6. The van der Waals surface area contributed by atoms with Gasteiger partial charge in [-0.2, -0.15) is 8.42 Å².